The summed E-state index contributed by atoms with van der Waals surface area (Å²) in [4.78, 5) is 7.75. The highest BCUT2D eigenvalue weighted by Crippen LogP contribution is 2.40. The quantitative estimate of drug-likeness (QED) is 0.343. The maximum absolute atomic E-state index is 14.9. The van der Waals surface area contributed by atoms with Crippen molar-refractivity contribution in [1.29, 1.82) is 0 Å². The van der Waals surface area contributed by atoms with Crippen molar-refractivity contribution < 1.29 is 18.3 Å². The van der Waals surface area contributed by atoms with Gasteiger partial charge in [0.25, 0.3) is 0 Å². The van der Waals surface area contributed by atoms with E-state index in [9.17, 15) is 13.2 Å². The lowest BCUT2D eigenvalue weighted by Crippen LogP contribution is -2.42. The molecule has 2 fully saturated rings. The lowest BCUT2D eigenvalue weighted by molar-refractivity contribution is 0.137. The molecule has 2 atom stereocenters. The molecule has 1 aromatic heterocycles. The van der Waals surface area contributed by atoms with Crippen LogP contribution < -0.4 is 9.62 Å². The molecule has 5 nitrogen and oxygen atoms in total. The van der Waals surface area contributed by atoms with Gasteiger partial charge >= 0.3 is 0 Å². The number of hydrogen-bond donors (Lipinski definition) is 2. The number of nitrogens with one attached hydrogen (secondary N) is 1. The number of benzene rings is 1. The van der Waals surface area contributed by atoms with Crippen molar-refractivity contribution >= 4 is 35.1 Å². The van der Waals surface area contributed by atoms with Crippen LogP contribution in [0.1, 0.15) is 25.7 Å². The van der Waals surface area contributed by atoms with Gasteiger partial charge in [-0.1, -0.05) is 24.1 Å². The number of piperidine rings is 1. The van der Waals surface area contributed by atoms with Gasteiger partial charge in [-0.15, -0.1) is 0 Å². The number of aromatic nitrogens is 1. The van der Waals surface area contributed by atoms with Gasteiger partial charge < -0.3 is 19.6 Å². The fourth-order valence-corrected chi connectivity index (χ4v) is 5.47. The Bertz CT molecular complexity index is 923. The summed E-state index contributed by atoms with van der Waals surface area (Å²) in [6.07, 6.45) is 4.61. The van der Waals surface area contributed by atoms with Gasteiger partial charge in [0, 0.05) is 32.3 Å². The zero-order chi connectivity index (χ0) is 23.3. The number of nitrogens with zero attached hydrogens (tertiary/aromatic N) is 3. The van der Waals surface area contributed by atoms with Crippen molar-refractivity contribution in [2.24, 2.45) is 5.92 Å². The van der Waals surface area contributed by atoms with Crippen molar-refractivity contribution in [3.8, 4) is 0 Å². The molecule has 2 aromatic rings. The van der Waals surface area contributed by atoms with Crippen LogP contribution in [0.2, 0.25) is 5.02 Å². The summed E-state index contributed by atoms with van der Waals surface area (Å²) in [5, 5.41) is 6.91. The van der Waals surface area contributed by atoms with Crippen molar-refractivity contribution in [2.75, 3.05) is 43.4 Å². The number of likely N-dealkylation sites (tertiary alicyclic amines) is 1. The van der Waals surface area contributed by atoms with E-state index in [1.165, 1.54) is 43.5 Å². The molecular weight excluding hydrogens is 461 g/mol. The summed E-state index contributed by atoms with van der Waals surface area (Å²) < 4.78 is 45.5. The Morgan fingerprint density at radius 1 is 1.16 bits per heavy atom. The van der Waals surface area contributed by atoms with Crippen LogP contribution in [-0.2, 0) is 0 Å². The highest BCUT2D eigenvalue weighted by Gasteiger charge is 2.34. The van der Waals surface area contributed by atoms with E-state index in [0.29, 0.717) is 29.6 Å². The molecule has 32 heavy (non-hydrogen) atoms. The van der Waals surface area contributed by atoms with Gasteiger partial charge in [0.1, 0.15) is 21.6 Å². The van der Waals surface area contributed by atoms with Crippen LogP contribution in [0.4, 0.5) is 24.7 Å². The van der Waals surface area contributed by atoms with Crippen LogP contribution >= 0.6 is 23.5 Å². The van der Waals surface area contributed by atoms with E-state index < -0.39 is 17.6 Å². The summed E-state index contributed by atoms with van der Waals surface area (Å²) in [6, 6.07) is 5.96. The molecule has 2 aliphatic rings. The fourth-order valence-electron chi connectivity index (χ4n) is 4.47. The van der Waals surface area contributed by atoms with Gasteiger partial charge in [-0.05, 0) is 62.9 Å². The molecule has 0 aliphatic carbocycles. The topological polar surface area (TPSA) is 51.6 Å². The smallest absolute Gasteiger partial charge is 0.214 e. The molecule has 0 spiro atoms. The number of aliphatic hydroxyl groups excluding tert-OH is 1. The van der Waals surface area contributed by atoms with Crippen LogP contribution in [-0.4, -0.2) is 54.8 Å². The highest BCUT2D eigenvalue weighted by molar-refractivity contribution is 8.00. The molecule has 4 rings (SSSR count). The lowest BCUT2D eigenvalue weighted by Gasteiger charge is -2.36. The van der Waals surface area contributed by atoms with Crippen LogP contribution in [0.3, 0.4) is 0 Å². The van der Waals surface area contributed by atoms with Crippen LogP contribution in [0.15, 0.2) is 29.2 Å². The summed E-state index contributed by atoms with van der Waals surface area (Å²) in [6.45, 7) is 2.57. The first kappa shape index (κ1) is 25.0. The Morgan fingerprint density at radius 3 is 2.66 bits per heavy atom. The number of aliphatic hydroxyl groups is 1. The summed E-state index contributed by atoms with van der Waals surface area (Å²) in [5.74, 6) is -1.58. The molecule has 3 heterocycles. The number of halogens is 4. The van der Waals surface area contributed by atoms with E-state index in [4.69, 9.17) is 16.7 Å². The zero-order valence-electron chi connectivity index (χ0n) is 18.1. The van der Waals surface area contributed by atoms with E-state index in [-0.39, 0.29) is 15.7 Å². The Morgan fingerprint density at radius 2 is 1.94 bits per heavy atom. The van der Waals surface area contributed by atoms with E-state index in [1.54, 1.807) is 0 Å². The maximum Gasteiger partial charge on any atom is 0.214 e. The minimum Gasteiger partial charge on any atom is -0.400 e. The van der Waals surface area contributed by atoms with E-state index >= 15 is 0 Å². The standard InChI is InChI=1S/C21H24ClF3N4S.CH4O/c1-28-9-3-2-5-15(28)13-8-10-29(12-13)16-11-14(23)21(20(25)19(16)22)30-27-18-7-4-6-17(24)26-18;1-2/h4,6-7,11,13,15H,2-3,5,8-10,12H2,1H3,(H,26,27);2H,1H3/t13?,15-;/m1./s1. The molecule has 176 valence electrons. The van der Waals surface area contributed by atoms with Gasteiger partial charge in [0.15, 0.2) is 5.82 Å². The van der Waals surface area contributed by atoms with Gasteiger partial charge in [0.2, 0.25) is 5.95 Å². The molecule has 1 aromatic carbocycles. The van der Waals surface area contributed by atoms with E-state index in [1.807, 2.05) is 4.90 Å². The molecule has 2 saturated heterocycles. The molecule has 0 amide bonds. The largest absolute Gasteiger partial charge is 0.400 e. The van der Waals surface area contributed by atoms with Crippen LogP contribution in [0.25, 0.3) is 0 Å². The zero-order valence-corrected chi connectivity index (χ0v) is 19.7. The summed E-state index contributed by atoms with van der Waals surface area (Å²) in [7, 11) is 3.16. The predicted octanol–water partition coefficient (Wildman–Crippen LogP) is 5.19. The normalized spacial score (nSPS) is 21.3. The number of pyridine rings is 1. The Kier molecular flexibility index (Phi) is 8.93. The predicted molar refractivity (Wildman–Crippen MR) is 124 cm³/mol. The van der Waals surface area contributed by atoms with Crippen molar-refractivity contribution in [2.45, 2.75) is 36.6 Å². The van der Waals surface area contributed by atoms with Gasteiger partial charge in [-0.2, -0.15) is 4.39 Å². The van der Waals surface area contributed by atoms with Gasteiger partial charge in [-0.25, -0.2) is 13.8 Å². The molecule has 10 heteroatoms. The first-order valence-electron chi connectivity index (χ1n) is 10.6. The van der Waals surface area contributed by atoms with Crippen molar-refractivity contribution in [3.05, 3.63) is 46.9 Å². The second-order valence-corrected chi connectivity index (χ2v) is 9.12. The van der Waals surface area contributed by atoms with Gasteiger partial charge in [-0.3, -0.25) is 0 Å². The van der Waals surface area contributed by atoms with Crippen LogP contribution in [0.5, 0.6) is 0 Å². The first-order valence-corrected chi connectivity index (χ1v) is 11.8. The second kappa shape index (κ2) is 11.4. The minimum absolute atomic E-state index is 0.0921. The molecule has 2 N–H and O–H groups in total. The third kappa shape index (κ3) is 5.62. The third-order valence-corrected chi connectivity index (χ3v) is 7.26. The third-order valence-electron chi connectivity index (χ3n) is 6.01. The highest BCUT2D eigenvalue weighted by atomic mass is 35.5. The van der Waals surface area contributed by atoms with E-state index in [0.717, 1.165) is 33.2 Å². The molecule has 0 bridgehead atoms. The number of rotatable bonds is 5. The fraction of sp³-hybridized carbons (Fsp3) is 0.500. The molecule has 0 radical (unpaired) electrons. The molecule has 1 unspecified atom stereocenters. The van der Waals surface area contributed by atoms with E-state index in [2.05, 4.69) is 21.7 Å². The van der Waals surface area contributed by atoms with Crippen LogP contribution in [0, 0.1) is 23.5 Å². The molecule has 2 aliphatic heterocycles. The first-order chi connectivity index (χ1) is 15.4. The van der Waals surface area contributed by atoms with Gasteiger partial charge in [0.05, 0.1) is 5.69 Å². The van der Waals surface area contributed by atoms with Crippen molar-refractivity contribution in [3.63, 3.8) is 0 Å². The Hall–Kier alpha value is -1.68. The maximum atomic E-state index is 14.9. The Balaban J connectivity index is 0.00000141. The number of hydrogen-bond acceptors (Lipinski definition) is 6. The monoisotopic (exact) mass is 488 g/mol. The summed E-state index contributed by atoms with van der Waals surface area (Å²) >= 11 is 6.99. The molecular formula is C22H28ClF3N4OS. The Labute approximate surface area is 196 Å². The number of anilines is 2. The van der Waals surface area contributed by atoms with Crippen molar-refractivity contribution in [1.82, 2.24) is 9.88 Å². The average molecular weight is 489 g/mol. The molecule has 0 saturated carbocycles. The summed E-state index contributed by atoms with van der Waals surface area (Å²) in [5.41, 5.74) is 0.390. The average Bonchev–Trinajstić information content (AvgIpc) is 3.27. The second-order valence-electron chi connectivity index (χ2n) is 7.92. The SMILES string of the molecule is CN1CCCC[C@@H]1C1CCN(c2cc(F)c(SNc3cccc(F)n3)c(F)c2Cl)C1.CO. The minimum atomic E-state index is -0.821. The lowest BCUT2D eigenvalue weighted by atomic mass is 9.90.